The number of hydrogen-bond acceptors (Lipinski definition) is 4. The van der Waals surface area contributed by atoms with Crippen LogP contribution in [0, 0.1) is 5.82 Å². The van der Waals surface area contributed by atoms with E-state index in [2.05, 4.69) is 20.8 Å². The van der Waals surface area contributed by atoms with Gasteiger partial charge in [-0.2, -0.15) is 5.10 Å². The first-order valence-corrected chi connectivity index (χ1v) is 7.00. The highest BCUT2D eigenvalue weighted by atomic mass is 35.5. The topological polar surface area (TPSA) is 79.0 Å². The highest BCUT2D eigenvalue weighted by molar-refractivity contribution is 5.99. The average Bonchev–Trinajstić information content (AvgIpc) is 3.00. The Morgan fingerprint density at radius 2 is 2.09 bits per heavy atom. The normalized spacial score (nSPS) is 10.2. The number of nitrogens with zero attached hydrogens (tertiary/aromatic N) is 1. The van der Waals surface area contributed by atoms with Crippen LogP contribution < -0.4 is 10.6 Å². The van der Waals surface area contributed by atoms with Gasteiger partial charge in [0.25, 0.3) is 5.91 Å². The third-order valence-electron chi connectivity index (χ3n) is 3.10. The predicted molar refractivity (Wildman–Crippen MR) is 88.3 cm³/mol. The number of amides is 1. The fraction of sp³-hybridized carbons (Fsp3) is 0.333. The van der Waals surface area contributed by atoms with E-state index in [-0.39, 0.29) is 18.3 Å². The second-order valence-electron chi connectivity index (χ2n) is 4.64. The summed E-state index contributed by atoms with van der Waals surface area (Å²) in [4.78, 5) is 12.2. The van der Waals surface area contributed by atoms with Gasteiger partial charge in [-0.1, -0.05) is 12.1 Å². The highest BCUT2D eigenvalue weighted by Gasteiger charge is 2.17. The van der Waals surface area contributed by atoms with Crippen molar-refractivity contribution < 1.29 is 13.9 Å². The number of carbonyl (C=O) groups excluding carboxylic acids is 1. The summed E-state index contributed by atoms with van der Waals surface area (Å²) in [5.41, 5.74) is 1.02. The first-order valence-electron chi connectivity index (χ1n) is 7.00. The zero-order chi connectivity index (χ0) is 15.8. The number of H-pyrrole nitrogens is 1. The summed E-state index contributed by atoms with van der Waals surface area (Å²) in [7, 11) is 1.63. The molecule has 2 aromatic rings. The van der Waals surface area contributed by atoms with E-state index in [0.29, 0.717) is 36.5 Å². The predicted octanol–water partition coefficient (Wildman–Crippen LogP) is 1.60. The monoisotopic (exact) mass is 342 g/mol. The Hall–Kier alpha value is -1.96. The maximum absolute atomic E-state index is 13.8. The van der Waals surface area contributed by atoms with Crippen molar-refractivity contribution in [3.05, 3.63) is 41.8 Å². The Kier molecular flexibility index (Phi) is 8.25. The fourth-order valence-corrected chi connectivity index (χ4v) is 1.99. The third kappa shape index (κ3) is 5.31. The van der Waals surface area contributed by atoms with Crippen LogP contribution in [0.2, 0.25) is 0 Å². The number of hydrogen-bond donors (Lipinski definition) is 3. The van der Waals surface area contributed by atoms with Crippen LogP contribution >= 0.6 is 12.4 Å². The van der Waals surface area contributed by atoms with E-state index < -0.39 is 5.82 Å². The standard InChI is InChI=1S/C15H19FN4O2.ClH/c1-22-9-8-17-6-7-18-15(21)12-10-19-20-14(12)11-4-2-3-5-13(11)16;/h2-5,10,17H,6-9H2,1H3,(H,18,21)(H,19,20);1H. The Balaban J connectivity index is 0.00000264. The summed E-state index contributed by atoms with van der Waals surface area (Å²) < 4.78 is 18.7. The maximum Gasteiger partial charge on any atom is 0.255 e. The SMILES string of the molecule is COCCNCCNC(=O)c1cn[nH]c1-c1ccccc1F.Cl. The van der Waals surface area contributed by atoms with Crippen molar-refractivity contribution in [2.45, 2.75) is 0 Å². The van der Waals surface area contributed by atoms with Gasteiger partial charge in [0, 0.05) is 32.3 Å². The number of methoxy groups -OCH3 is 1. The van der Waals surface area contributed by atoms with E-state index in [4.69, 9.17) is 4.74 Å². The summed E-state index contributed by atoms with van der Waals surface area (Å²) in [6.07, 6.45) is 1.40. The van der Waals surface area contributed by atoms with E-state index in [1.807, 2.05) is 0 Å². The molecule has 0 atom stereocenters. The molecule has 0 aliphatic rings. The van der Waals surface area contributed by atoms with E-state index in [0.717, 1.165) is 6.54 Å². The molecule has 0 unspecified atom stereocenters. The summed E-state index contributed by atoms with van der Waals surface area (Å²) in [5, 5.41) is 12.4. The second-order valence-corrected chi connectivity index (χ2v) is 4.64. The molecule has 0 bridgehead atoms. The Morgan fingerprint density at radius 3 is 2.83 bits per heavy atom. The Morgan fingerprint density at radius 1 is 1.30 bits per heavy atom. The van der Waals surface area contributed by atoms with E-state index in [9.17, 15) is 9.18 Å². The van der Waals surface area contributed by atoms with Gasteiger partial charge >= 0.3 is 0 Å². The largest absolute Gasteiger partial charge is 0.383 e. The number of benzene rings is 1. The number of carbonyl (C=O) groups is 1. The van der Waals surface area contributed by atoms with Crippen molar-refractivity contribution in [3.63, 3.8) is 0 Å². The molecule has 0 spiro atoms. The van der Waals surface area contributed by atoms with Gasteiger partial charge in [0.05, 0.1) is 24.1 Å². The number of rotatable bonds is 8. The van der Waals surface area contributed by atoms with Crippen molar-refractivity contribution in [2.24, 2.45) is 0 Å². The third-order valence-corrected chi connectivity index (χ3v) is 3.10. The smallest absolute Gasteiger partial charge is 0.255 e. The molecule has 1 aromatic heterocycles. The highest BCUT2D eigenvalue weighted by Crippen LogP contribution is 2.23. The van der Waals surface area contributed by atoms with Crippen LogP contribution in [0.5, 0.6) is 0 Å². The van der Waals surface area contributed by atoms with Gasteiger partial charge in [-0.3, -0.25) is 9.89 Å². The van der Waals surface area contributed by atoms with Crippen LogP contribution in [0.4, 0.5) is 4.39 Å². The fourth-order valence-electron chi connectivity index (χ4n) is 1.99. The molecule has 8 heteroatoms. The zero-order valence-electron chi connectivity index (χ0n) is 12.8. The van der Waals surface area contributed by atoms with Crippen LogP contribution in [0.25, 0.3) is 11.3 Å². The van der Waals surface area contributed by atoms with Crippen LogP contribution in [0.1, 0.15) is 10.4 Å². The number of nitrogens with one attached hydrogen (secondary N) is 3. The van der Waals surface area contributed by atoms with Crippen molar-refractivity contribution in [1.29, 1.82) is 0 Å². The lowest BCUT2D eigenvalue weighted by atomic mass is 10.1. The van der Waals surface area contributed by atoms with Crippen molar-refractivity contribution >= 4 is 18.3 Å². The Bertz CT molecular complexity index is 621. The molecule has 0 saturated heterocycles. The Labute approximate surface area is 140 Å². The second kappa shape index (κ2) is 9.94. The van der Waals surface area contributed by atoms with Gasteiger partial charge in [-0.15, -0.1) is 12.4 Å². The summed E-state index contributed by atoms with van der Waals surface area (Å²) in [6, 6.07) is 6.25. The van der Waals surface area contributed by atoms with E-state index in [1.165, 1.54) is 12.3 Å². The molecule has 0 aliphatic heterocycles. The molecular weight excluding hydrogens is 323 g/mol. The van der Waals surface area contributed by atoms with Gasteiger partial charge in [-0.25, -0.2) is 4.39 Å². The number of ether oxygens (including phenoxy) is 1. The number of aromatic nitrogens is 2. The molecule has 0 saturated carbocycles. The maximum atomic E-state index is 13.8. The van der Waals surface area contributed by atoms with Gasteiger partial charge in [0.15, 0.2) is 0 Å². The summed E-state index contributed by atoms with van der Waals surface area (Å²) >= 11 is 0. The molecule has 2 rings (SSSR count). The molecule has 1 aromatic carbocycles. The van der Waals surface area contributed by atoms with E-state index in [1.54, 1.807) is 25.3 Å². The molecule has 126 valence electrons. The number of halogens is 2. The number of aromatic amines is 1. The summed E-state index contributed by atoms with van der Waals surface area (Å²) in [5.74, 6) is -0.692. The summed E-state index contributed by atoms with van der Waals surface area (Å²) in [6.45, 7) is 2.43. The quantitative estimate of drug-likeness (QED) is 0.637. The minimum absolute atomic E-state index is 0. The van der Waals surface area contributed by atoms with Gasteiger partial charge < -0.3 is 15.4 Å². The van der Waals surface area contributed by atoms with Gasteiger partial charge in [0.2, 0.25) is 0 Å². The van der Waals surface area contributed by atoms with Crippen molar-refractivity contribution in [3.8, 4) is 11.3 Å². The van der Waals surface area contributed by atoms with Crippen molar-refractivity contribution in [2.75, 3.05) is 33.4 Å². The lowest BCUT2D eigenvalue weighted by Crippen LogP contribution is -2.33. The molecule has 3 N–H and O–H groups in total. The lowest BCUT2D eigenvalue weighted by Gasteiger charge is -2.07. The molecule has 0 radical (unpaired) electrons. The molecule has 6 nitrogen and oxygen atoms in total. The van der Waals surface area contributed by atoms with Crippen LogP contribution in [0.15, 0.2) is 30.5 Å². The minimum atomic E-state index is -0.401. The minimum Gasteiger partial charge on any atom is -0.383 e. The average molecular weight is 343 g/mol. The van der Waals surface area contributed by atoms with E-state index >= 15 is 0 Å². The molecule has 23 heavy (non-hydrogen) atoms. The van der Waals surface area contributed by atoms with Gasteiger partial charge in [-0.05, 0) is 12.1 Å². The molecule has 0 aliphatic carbocycles. The van der Waals surface area contributed by atoms with Crippen LogP contribution in [0.3, 0.4) is 0 Å². The lowest BCUT2D eigenvalue weighted by molar-refractivity contribution is 0.0954. The molecule has 1 amide bonds. The molecule has 0 fully saturated rings. The molecule has 1 heterocycles. The first-order chi connectivity index (χ1) is 10.7. The first kappa shape index (κ1) is 19.1. The van der Waals surface area contributed by atoms with Crippen LogP contribution in [-0.2, 0) is 4.74 Å². The van der Waals surface area contributed by atoms with Gasteiger partial charge in [0.1, 0.15) is 5.82 Å². The van der Waals surface area contributed by atoms with Crippen LogP contribution in [-0.4, -0.2) is 49.5 Å². The van der Waals surface area contributed by atoms with Crippen molar-refractivity contribution in [1.82, 2.24) is 20.8 Å². The zero-order valence-corrected chi connectivity index (χ0v) is 13.6. The molecular formula is C15H20ClFN4O2.